The maximum atomic E-state index is 6.45. The normalized spacial score (nSPS) is 27.6. The lowest BCUT2D eigenvalue weighted by molar-refractivity contribution is -0.0120. The Morgan fingerprint density at radius 1 is 1.15 bits per heavy atom. The first-order valence-electron chi connectivity index (χ1n) is 8.80. The van der Waals surface area contributed by atoms with E-state index in [2.05, 4.69) is 6.92 Å². The van der Waals surface area contributed by atoms with Gasteiger partial charge < -0.3 is 15.2 Å². The lowest BCUT2D eigenvalue weighted by Gasteiger charge is -2.34. The summed E-state index contributed by atoms with van der Waals surface area (Å²) in [5.74, 6) is 0.696. The van der Waals surface area contributed by atoms with Crippen molar-refractivity contribution >= 4 is 0 Å². The van der Waals surface area contributed by atoms with Crippen LogP contribution in [-0.4, -0.2) is 31.5 Å². The largest absolute Gasteiger partial charge is 0.378 e. The van der Waals surface area contributed by atoms with E-state index < -0.39 is 0 Å². The van der Waals surface area contributed by atoms with Crippen molar-refractivity contribution in [1.82, 2.24) is 0 Å². The van der Waals surface area contributed by atoms with Crippen LogP contribution in [0.3, 0.4) is 0 Å². The number of hydrogen-bond acceptors (Lipinski definition) is 3. The van der Waals surface area contributed by atoms with E-state index >= 15 is 0 Å². The molecule has 1 heterocycles. The molecule has 1 aliphatic heterocycles. The third-order valence-corrected chi connectivity index (χ3v) is 4.98. The van der Waals surface area contributed by atoms with Crippen LogP contribution in [0.5, 0.6) is 0 Å². The fourth-order valence-electron chi connectivity index (χ4n) is 3.88. The molecule has 1 saturated heterocycles. The Labute approximate surface area is 124 Å². The summed E-state index contributed by atoms with van der Waals surface area (Å²) in [6.45, 7) is 3.84. The van der Waals surface area contributed by atoms with Crippen LogP contribution in [0, 0.1) is 5.92 Å². The van der Waals surface area contributed by atoms with Crippen LogP contribution in [0.15, 0.2) is 0 Å². The van der Waals surface area contributed by atoms with Crippen molar-refractivity contribution < 1.29 is 9.47 Å². The third kappa shape index (κ3) is 5.01. The smallest absolute Gasteiger partial charge is 0.0753 e. The minimum atomic E-state index is 0.208. The maximum Gasteiger partial charge on any atom is 0.0753 e. The first kappa shape index (κ1) is 16.3. The fourth-order valence-corrected chi connectivity index (χ4v) is 3.88. The van der Waals surface area contributed by atoms with Gasteiger partial charge in [-0.25, -0.2) is 0 Å². The van der Waals surface area contributed by atoms with Crippen LogP contribution in [0.2, 0.25) is 0 Å². The van der Waals surface area contributed by atoms with Crippen molar-refractivity contribution in [2.24, 2.45) is 11.7 Å². The molecule has 2 N–H and O–H groups in total. The monoisotopic (exact) mass is 283 g/mol. The van der Waals surface area contributed by atoms with Crippen LogP contribution in [0.25, 0.3) is 0 Å². The summed E-state index contributed by atoms with van der Waals surface area (Å²) >= 11 is 0. The van der Waals surface area contributed by atoms with Crippen molar-refractivity contribution in [2.75, 3.05) is 13.2 Å². The Balaban J connectivity index is 1.71. The summed E-state index contributed by atoms with van der Waals surface area (Å²) in [5, 5.41) is 0. The molecule has 0 aromatic rings. The molecule has 0 aromatic heterocycles. The first-order valence-corrected chi connectivity index (χ1v) is 8.80. The van der Waals surface area contributed by atoms with E-state index in [1.165, 1.54) is 57.8 Å². The lowest BCUT2D eigenvalue weighted by atomic mass is 9.81. The molecule has 1 aliphatic carbocycles. The Kier molecular flexibility index (Phi) is 7.32. The summed E-state index contributed by atoms with van der Waals surface area (Å²) < 4.78 is 11.7. The van der Waals surface area contributed by atoms with Crippen molar-refractivity contribution in [3.8, 4) is 0 Å². The van der Waals surface area contributed by atoms with Gasteiger partial charge in [0.25, 0.3) is 0 Å². The van der Waals surface area contributed by atoms with Gasteiger partial charge in [-0.1, -0.05) is 19.3 Å². The highest BCUT2D eigenvalue weighted by atomic mass is 16.5. The standard InChI is InChI=1S/C17H33NO2/c1-2-19-17(14-8-4-3-5-9-14)16(18)12-6-10-15-11-7-13-20-15/h14-17H,2-13,18H2,1H3. The molecule has 0 radical (unpaired) electrons. The van der Waals surface area contributed by atoms with Gasteiger partial charge >= 0.3 is 0 Å². The highest BCUT2D eigenvalue weighted by Crippen LogP contribution is 2.30. The average molecular weight is 283 g/mol. The van der Waals surface area contributed by atoms with Crippen molar-refractivity contribution in [3.63, 3.8) is 0 Å². The highest BCUT2D eigenvalue weighted by Gasteiger charge is 2.29. The molecular weight excluding hydrogens is 250 g/mol. The van der Waals surface area contributed by atoms with Crippen molar-refractivity contribution in [3.05, 3.63) is 0 Å². The highest BCUT2D eigenvalue weighted by molar-refractivity contribution is 4.83. The predicted octanol–water partition coefficient (Wildman–Crippen LogP) is 3.65. The minimum absolute atomic E-state index is 0.208. The number of rotatable bonds is 8. The lowest BCUT2D eigenvalue weighted by Crippen LogP contribution is -2.43. The molecule has 2 rings (SSSR count). The zero-order valence-electron chi connectivity index (χ0n) is 13.2. The van der Waals surface area contributed by atoms with E-state index in [1.54, 1.807) is 0 Å². The average Bonchev–Trinajstić information content (AvgIpc) is 2.99. The molecular formula is C17H33NO2. The zero-order chi connectivity index (χ0) is 14.2. The third-order valence-electron chi connectivity index (χ3n) is 4.98. The topological polar surface area (TPSA) is 44.5 Å². The van der Waals surface area contributed by atoms with Gasteiger partial charge in [-0.3, -0.25) is 0 Å². The summed E-state index contributed by atoms with van der Waals surface area (Å²) in [4.78, 5) is 0. The molecule has 118 valence electrons. The second kappa shape index (κ2) is 9.01. The molecule has 3 nitrogen and oxygen atoms in total. The molecule has 0 spiro atoms. The summed E-state index contributed by atoms with van der Waals surface area (Å²) in [6, 6.07) is 0.208. The molecule has 20 heavy (non-hydrogen) atoms. The Morgan fingerprint density at radius 2 is 1.95 bits per heavy atom. The number of hydrogen-bond donors (Lipinski definition) is 1. The van der Waals surface area contributed by atoms with Gasteiger partial charge in [0.2, 0.25) is 0 Å². The van der Waals surface area contributed by atoms with Gasteiger partial charge in [-0.05, 0) is 57.8 Å². The van der Waals surface area contributed by atoms with E-state index in [-0.39, 0.29) is 12.1 Å². The first-order chi connectivity index (χ1) is 9.81. The van der Waals surface area contributed by atoms with Crippen LogP contribution < -0.4 is 5.73 Å². The van der Waals surface area contributed by atoms with E-state index in [0.29, 0.717) is 12.0 Å². The Bertz CT molecular complexity index is 247. The summed E-state index contributed by atoms with van der Waals surface area (Å²) in [7, 11) is 0. The van der Waals surface area contributed by atoms with E-state index in [0.717, 1.165) is 19.6 Å². The van der Waals surface area contributed by atoms with Crippen LogP contribution >= 0.6 is 0 Å². The molecule has 3 atom stereocenters. The predicted molar refractivity (Wildman–Crippen MR) is 82.8 cm³/mol. The number of nitrogens with two attached hydrogens (primary N) is 1. The molecule has 0 bridgehead atoms. The molecule has 2 fully saturated rings. The number of ether oxygens (including phenoxy) is 2. The van der Waals surface area contributed by atoms with Crippen molar-refractivity contribution in [1.29, 1.82) is 0 Å². The fraction of sp³-hybridized carbons (Fsp3) is 1.00. The summed E-state index contributed by atoms with van der Waals surface area (Å²) in [5.41, 5.74) is 6.45. The van der Waals surface area contributed by atoms with Crippen LogP contribution in [0.1, 0.15) is 71.1 Å². The van der Waals surface area contributed by atoms with Gasteiger partial charge in [-0.15, -0.1) is 0 Å². The second-order valence-electron chi connectivity index (χ2n) is 6.55. The molecule has 3 unspecified atom stereocenters. The van der Waals surface area contributed by atoms with Gasteiger partial charge in [0.15, 0.2) is 0 Å². The van der Waals surface area contributed by atoms with Gasteiger partial charge in [0.1, 0.15) is 0 Å². The van der Waals surface area contributed by atoms with E-state index in [1.807, 2.05) is 0 Å². The van der Waals surface area contributed by atoms with Crippen LogP contribution in [-0.2, 0) is 9.47 Å². The molecule has 3 heteroatoms. The molecule has 0 amide bonds. The van der Waals surface area contributed by atoms with E-state index in [4.69, 9.17) is 15.2 Å². The zero-order valence-corrected chi connectivity index (χ0v) is 13.2. The van der Waals surface area contributed by atoms with E-state index in [9.17, 15) is 0 Å². The second-order valence-corrected chi connectivity index (χ2v) is 6.55. The molecule has 2 aliphatic rings. The maximum absolute atomic E-state index is 6.45. The minimum Gasteiger partial charge on any atom is -0.378 e. The SMILES string of the molecule is CCOC(C(N)CCCC1CCCO1)C1CCCCC1. The Morgan fingerprint density at radius 3 is 2.60 bits per heavy atom. The summed E-state index contributed by atoms with van der Waals surface area (Å²) in [6.07, 6.45) is 13.4. The van der Waals surface area contributed by atoms with Gasteiger partial charge in [0, 0.05) is 19.3 Å². The molecule has 0 aromatic carbocycles. The Hall–Kier alpha value is -0.120. The van der Waals surface area contributed by atoms with Crippen molar-refractivity contribution in [2.45, 2.75) is 89.4 Å². The van der Waals surface area contributed by atoms with Gasteiger partial charge in [-0.2, -0.15) is 0 Å². The van der Waals surface area contributed by atoms with Gasteiger partial charge in [0.05, 0.1) is 12.2 Å². The van der Waals surface area contributed by atoms with Crippen LogP contribution in [0.4, 0.5) is 0 Å². The quantitative estimate of drug-likeness (QED) is 0.739. The molecule has 1 saturated carbocycles.